The van der Waals surface area contributed by atoms with Gasteiger partial charge in [-0.3, -0.25) is 4.79 Å². The summed E-state index contributed by atoms with van der Waals surface area (Å²) in [6.45, 7) is 4.29. The predicted molar refractivity (Wildman–Crippen MR) is 107 cm³/mol. The average molecular weight is 411 g/mol. The Kier molecular flexibility index (Phi) is 6.04. The Morgan fingerprint density at radius 2 is 2.12 bits per heavy atom. The number of thioether (sulfide) groups is 1. The van der Waals surface area contributed by atoms with E-state index in [0.29, 0.717) is 13.0 Å². The van der Waals surface area contributed by atoms with Crippen LogP contribution in [0.4, 0.5) is 0 Å². The minimum Gasteiger partial charge on any atom is -0.338 e. The molecule has 140 valence electrons. The lowest BCUT2D eigenvalue weighted by atomic mass is 10.2. The van der Waals surface area contributed by atoms with Crippen LogP contribution in [0.15, 0.2) is 40.1 Å². The highest BCUT2D eigenvalue weighted by atomic mass is 32.2. The summed E-state index contributed by atoms with van der Waals surface area (Å²) in [6.07, 6.45) is 0.536. The second kappa shape index (κ2) is 8.10. The summed E-state index contributed by atoms with van der Waals surface area (Å²) in [4.78, 5) is 19.2. The van der Waals surface area contributed by atoms with Gasteiger partial charge >= 0.3 is 0 Å². The molecule has 1 aliphatic rings. The van der Waals surface area contributed by atoms with Gasteiger partial charge in [0.1, 0.15) is 0 Å². The SMILES string of the molecule is CCN(C(=O)[C@H](C)Sc1nc(-c2ccccc2)cs1)[C@@H]1CCS(=O)(=O)C1. The molecule has 2 heterocycles. The van der Waals surface area contributed by atoms with Crippen molar-refractivity contribution in [2.75, 3.05) is 18.1 Å². The van der Waals surface area contributed by atoms with Gasteiger partial charge in [-0.15, -0.1) is 11.3 Å². The molecule has 1 amide bonds. The van der Waals surface area contributed by atoms with E-state index in [0.717, 1.165) is 15.6 Å². The highest BCUT2D eigenvalue weighted by Crippen LogP contribution is 2.32. The summed E-state index contributed by atoms with van der Waals surface area (Å²) in [5.41, 5.74) is 1.97. The van der Waals surface area contributed by atoms with Crippen LogP contribution in [-0.2, 0) is 14.6 Å². The molecule has 0 bridgehead atoms. The maximum Gasteiger partial charge on any atom is 0.236 e. The van der Waals surface area contributed by atoms with Crippen molar-refractivity contribution in [1.82, 2.24) is 9.88 Å². The molecule has 1 aromatic carbocycles. The van der Waals surface area contributed by atoms with E-state index in [1.54, 1.807) is 4.90 Å². The zero-order valence-electron chi connectivity index (χ0n) is 14.8. The molecule has 1 fully saturated rings. The van der Waals surface area contributed by atoms with Gasteiger partial charge in [-0.1, -0.05) is 42.1 Å². The molecular weight excluding hydrogens is 388 g/mol. The number of carbonyl (C=O) groups is 1. The van der Waals surface area contributed by atoms with Gasteiger partial charge in [0.05, 0.1) is 22.4 Å². The first-order chi connectivity index (χ1) is 12.4. The lowest BCUT2D eigenvalue weighted by molar-refractivity contribution is -0.131. The number of thiazole rings is 1. The molecule has 3 rings (SSSR count). The number of hydrogen-bond acceptors (Lipinski definition) is 6. The number of hydrogen-bond donors (Lipinski definition) is 0. The number of carbonyl (C=O) groups excluding carboxylic acids is 1. The second-order valence-corrected chi connectivity index (χ2v) is 11.0. The maximum absolute atomic E-state index is 12.8. The summed E-state index contributed by atoms with van der Waals surface area (Å²) in [5, 5.41) is 1.70. The third kappa shape index (κ3) is 4.47. The normalized spacial score (nSPS) is 20.0. The van der Waals surface area contributed by atoms with Crippen LogP contribution >= 0.6 is 23.1 Å². The molecule has 5 nitrogen and oxygen atoms in total. The Bertz CT molecular complexity index is 865. The van der Waals surface area contributed by atoms with Crippen LogP contribution in [-0.4, -0.2) is 53.6 Å². The zero-order chi connectivity index (χ0) is 18.7. The second-order valence-electron chi connectivity index (χ2n) is 6.31. The van der Waals surface area contributed by atoms with Crippen molar-refractivity contribution in [2.24, 2.45) is 0 Å². The number of aromatic nitrogens is 1. The smallest absolute Gasteiger partial charge is 0.236 e. The fraction of sp³-hybridized carbons (Fsp3) is 0.444. The molecular formula is C18H22N2O3S3. The van der Waals surface area contributed by atoms with Crippen molar-refractivity contribution in [3.8, 4) is 11.3 Å². The molecule has 1 aliphatic heterocycles. The molecule has 0 radical (unpaired) electrons. The molecule has 2 atom stereocenters. The molecule has 1 saturated heterocycles. The van der Waals surface area contributed by atoms with Crippen LogP contribution in [0.5, 0.6) is 0 Å². The molecule has 0 saturated carbocycles. The molecule has 0 unspecified atom stereocenters. The Hall–Kier alpha value is -1.38. The van der Waals surface area contributed by atoms with E-state index in [1.165, 1.54) is 23.1 Å². The van der Waals surface area contributed by atoms with Gasteiger partial charge in [-0.2, -0.15) is 0 Å². The summed E-state index contributed by atoms with van der Waals surface area (Å²) in [6, 6.07) is 9.74. The van der Waals surface area contributed by atoms with E-state index in [1.807, 2.05) is 49.6 Å². The first kappa shape index (κ1) is 19.4. The molecule has 2 aromatic rings. The van der Waals surface area contributed by atoms with Crippen LogP contribution in [0.3, 0.4) is 0 Å². The van der Waals surface area contributed by atoms with E-state index in [9.17, 15) is 13.2 Å². The van der Waals surface area contributed by atoms with E-state index < -0.39 is 9.84 Å². The Labute approximate surface area is 162 Å². The molecule has 0 spiro atoms. The van der Waals surface area contributed by atoms with Gasteiger partial charge in [0.15, 0.2) is 14.2 Å². The molecule has 1 aromatic heterocycles. The zero-order valence-corrected chi connectivity index (χ0v) is 17.2. The van der Waals surface area contributed by atoms with E-state index in [4.69, 9.17) is 0 Å². The van der Waals surface area contributed by atoms with Gasteiger partial charge < -0.3 is 4.90 Å². The fourth-order valence-electron chi connectivity index (χ4n) is 3.10. The van der Waals surface area contributed by atoms with E-state index in [-0.39, 0.29) is 28.7 Å². The third-order valence-electron chi connectivity index (χ3n) is 4.45. The molecule has 0 aliphatic carbocycles. The number of amides is 1. The van der Waals surface area contributed by atoms with Gasteiger partial charge in [0, 0.05) is 23.5 Å². The summed E-state index contributed by atoms with van der Waals surface area (Å²) >= 11 is 2.96. The van der Waals surface area contributed by atoms with Crippen molar-refractivity contribution in [3.63, 3.8) is 0 Å². The third-order valence-corrected chi connectivity index (χ3v) is 8.26. The van der Waals surface area contributed by atoms with Crippen molar-refractivity contribution >= 4 is 38.8 Å². The summed E-state index contributed by atoms with van der Waals surface area (Å²) < 4.78 is 24.3. The lowest BCUT2D eigenvalue weighted by Gasteiger charge is -2.29. The molecule has 26 heavy (non-hydrogen) atoms. The maximum atomic E-state index is 12.8. The average Bonchev–Trinajstić information content (AvgIpc) is 3.22. The van der Waals surface area contributed by atoms with Gasteiger partial charge in [-0.25, -0.2) is 13.4 Å². The quantitative estimate of drug-likeness (QED) is 0.684. The van der Waals surface area contributed by atoms with Gasteiger partial charge in [0.2, 0.25) is 5.91 Å². The minimum atomic E-state index is -3.01. The summed E-state index contributed by atoms with van der Waals surface area (Å²) in [7, 11) is -3.01. The fourth-order valence-corrected chi connectivity index (χ4v) is 6.88. The van der Waals surface area contributed by atoms with Crippen LogP contribution < -0.4 is 0 Å². The van der Waals surface area contributed by atoms with E-state index >= 15 is 0 Å². The molecule has 8 heteroatoms. The van der Waals surface area contributed by atoms with Crippen LogP contribution in [0.1, 0.15) is 20.3 Å². The topological polar surface area (TPSA) is 67.3 Å². The number of sulfone groups is 1. The highest BCUT2D eigenvalue weighted by Gasteiger charge is 2.35. The number of benzene rings is 1. The highest BCUT2D eigenvalue weighted by molar-refractivity contribution is 8.02. The van der Waals surface area contributed by atoms with Crippen molar-refractivity contribution < 1.29 is 13.2 Å². The van der Waals surface area contributed by atoms with Gasteiger partial charge in [-0.05, 0) is 20.3 Å². The van der Waals surface area contributed by atoms with Crippen LogP contribution in [0.25, 0.3) is 11.3 Å². The lowest BCUT2D eigenvalue weighted by Crippen LogP contribution is -2.44. The molecule has 0 N–H and O–H groups in total. The Balaban J connectivity index is 1.66. The predicted octanol–water partition coefficient (Wildman–Crippen LogP) is 3.33. The van der Waals surface area contributed by atoms with E-state index in [2.05, 4.69) is 4.98 Å². The van der Waals surface area contributed by atoms with Crippen molar-refractivity contribution in [1.29, 1.82) is 0 Å². The largest absolute Gasteiger partial charge is 0.338 e. The summed E-state index contributed by atoms with van der Waals surface area (Å²) in [5.74, 6) is 0.242. The Morgan fingerprint density at radius 1 is 1.38 bits per heavy atom. The van der Waals surface area contributed by atoms with Gasteiger partial charge in [0.25, 0.3) is 0 Å². The first-order valence-corrected chi connectivity index (χ1v) is 12.2. The number of rotatable bonds is 6. The first-order valence-electron chi connectivity index (χ1n) is 8.58. The monoisotopic (exact) mass is 410 g/mol. The Morgan fingerprint density at radius 3 is 2.73 bits per heavy atom. The van der Waals surface area contributed by atoms with Crippen LogP contribution in [0, 0.1) is 0 Å². The van der Waals surface area contributed by atoms with Crippen LogP contribution in [0.2, 0.25) is 0 Å². The standard InChI is InChI=1S/C18H22N2O3S3/c1-3-20(15-9-10-26(22,23)12-15)17(21)13(2)25-18-19-16(11-24-18)14-7-5-4-6-8-14/h4-8,11,13,15H,3,9-10,12H2,1-2H3/t13-,15+/m0/s1. The minimum absolute atomic E-state index is 0.0175. The van der Waals surface area contributed by atoms with Crippen molar-refractivity contribution in [3.05, 3.63) is 35.7 Å². The number of nitrogens with zero attached hydrogens (tertiary/aromatic N) is 2. The van der Waals surface area contributed by atoms with Crippen molar-refractivity contribution in [2.45, 2.75) is 35.9 Å².